The topological polar surface area (TPSA) is 29.1 Å². The van der Waals surface area contributed by atoms with Crippen LogP contribution in [0.2, 0.25) is 0 Å². The van der Waals surface area contributed by atoms with Crippen molar-refractivity contribution in [2.75, 3.05) is 5.32 Å². The second-order valence-corrected chi connectivity index (χ2v) is 5.00. The Bertz CT molecular complexity index is 561. The molecule has 3 rings (SSSR count). The average Bonchev–Trinajstić information content (AvgIpc) is 2.77. The second-order valence-electron chi connectivity index (χ2n) is 4.05. The van der Waals surface area contributed by atoms with Gasteiger partial charge in [-0.05, 0) is 29.1 Å². The van der Waals surface area contributed by atoms with Crippen LogP contribution in [0.15, 0.2) is 35.7 Å². The third-order valence-corrected chi connectivity index (χ3v) is 3.98. The second kappa shape index (κ2) is 3.96. The predicted octanol–water partition coefficient (Wildman–Crippen LogP) is 3.36. The monoisotopic (exact) mass is 247 g/mol. The minimum atomic E-state index is -0.250. The fourth-order valence-electron chi connectivity index (χ4n) is 2.14. The first-order valence-electron chi connectivity index (χ1n) is 5.37. The van der Waals surface area contributed by atoms with E-state index in [0.29, 0.717) is 6.42 Å². The van der Waals surface area contributed by atoms with Gasteiger partial charge in [-0.1, -0.05) is 12.1 Å². The first-order valence-corrected chi connectivity index (χ1v) is 6.25. The molecule has 1 N–H and O–H groups in total. The highest BCUT2D eigenvalue weighted by molar-refractivity contribution is 7.10. The molecule has 1 aliphatic rings. The number of amides is 1. The molecular formula is C13H10FNOS. The van der Waals surface area contributed by atoms with Gasteiger partial charge in [0.25, 0.3) is 0 Å². The van der Waals surface area contributed by atoms with Crippen molar-refractivity contribution in [2.24, 2.45) is 0 Å². The Morgan fingerprint density at radius 2 is 2.00 bits per heavy atom. The van der Waals surface area contributed by atoms with Crippen LogP contribution in [0.4, 0.5) is 10.1 Å². The maximum atomic E-state index is 12.9. The summed E-state index contributed by atoms with van der Waals surface area (Å²) in [6.45, 7) is 0. The Hall–Kier alpha value is -1.68. The van der Waals surface area contributed by atoms with Crippen molar-refractivity contribution in [2.45, 2.75) is 12.3 Å². The van der Waals surface area contributed by atoms with E-state index >= 15 is 0 Å². The fourth-order valence-corrected chi connectivity index (χ4v) is 3.12. The standard InChI is InChI=1S/C13H10FNOS/c14-9-3-1-8(2-4-9)10-7-12(16)15-11-5-6-17-13(10)11/h1-6,10H,7H2,(H,15,16). The fraction of sp³-hybridized carbons (Fsp3) is 0.154. The van der Waals surface area contributed by atoms with E-state index in [9.17, 15) is 9.18 Å². The van der Waals surface area contributed by atoms with E-state index in [4.69, 9.17) is 0 Å². The lowest BCUT2D eigenvalue weighted by Gasteiger charge is -2.22. The predicted molar refractivity (Wildman–Crippen MR) is 65.8 cm³/mol. The van der Waals surface area contributed by atoms with Crippen LogP contribution in [-0.4, -0.2) is 5.91 Å². The van der Waals surface area contributed by atoms with Gasteiger partial charge < -0.3 is 5.32 Å². The van der Waals surface area contributed by atoms with Crippen LogP contribution in [-0.2, 0) is 4.79 Å². The highest BCUT2D eigenvalue weighted by Crippen LogP contribution is 2.40. The Labute approximate surface area is 102 Å². The molecule has 0 bridgehead atoms. The zero-order valence-corrected chi connectivity index (χ0v) is 9.76. The molecule has 2 aromatic rings. The van der Waals surface area contributed by atoms with E-state index in [1.807, 2.05) is 11.4 Å². The highest BCUT2D eigenvalue weighted by Gasteiger charge is 2.27. The lowest BCUT2D eigenvalue weighted by atomic mass is 9.91. The molecule has 2 nitrogen and oxygen atoms in total. The van der Waals surface area contributed by atoms with Crippen molar-refractivity contribution in [3.63, 3.8) is 0 Å². The van der Waals surface area contributed by atoms with Gasteiger partial charge in [-0.25, -0.2) is 4.39 Å². The molecule has 0 fully saturated rings. The normalized spacial score (nSPS) is 18.6. The molecule has 17 heavy (non-hydrogen) atoms. The minimum absolute atomic E-state index is 0.0187. The summed E-state index contributed by atoms with van der Waals surface area (Å²) in [6.07, 6.45) is 0.430. The van der Waals surface area contributed by atoms with Crippen LogP contribution in [0.3, 0.4) is 0 Å². The van der Waals surface area contributed by atoms with Crippen molar-refractivity contribution in [1.82, 2.24) is 0 Å². The number of nitrogens with one attached hydrogen (secondary N) is 1. The Kier molecular flexibility index (Phi) is 2.44. The highest BCUT2D eigenvalue weighted by atomic mass is 32.1. The lowest BCUT2D eigenvalue weighted by molar-refractivity contribution is -0.116. The Morgan fingerprint density at radius 1 is 1.24 bits per heavy atom. The summed E-state index contributed by atoms with van der Waals surface area (Å²) in [5.41, 5.74) is 1.88. The Morgan fingerprint density at radius 3 is 2.76 bits per heavy atom. The van der Waals surface area contributed by atoms with E-state index in [-0.39, 0.29) is 17.6 Å². The van der Waals surface area contributed by atoms with Gasteiger partial charge in [-0.15, -0.1) is 11.3 Å². The molecular weight excluding hydrogens is 237 g/mol. The third-order valence-electron chi connectivity index (χ3n) is 2.95. The largest absolute Gasteiger partial charge is 0.325 e. The summed E-state index contributed by atoms with van der Waals surface area (Å²) in [5, 5.41) is 4.81. The molecule has 1 aromatic carbocycles. The van der Waals surface area contributed by atoms with E-state index in [1.54, 1.807) is 23.5 Å². The zero-order valence-electron chi connectivity index (χ0n) is 8.94. The van der Waals surface area contributed by atoms with Crippen molar-refractivity contribution in [1.29, 1.82) is 0 Å². The van der Waals surface area contributed by atoms with Crippen molar-refractivity contribution >= 4 is 22.9 Å². The van der Waals surface area contributed by atoms with E-state index in [2.05, 4.69) is 5.32 Å². The summed E-state index contributed by atoms with van der Waals surface area (Å²) < 4.78 is 12.9. The number of hydrogen-bond acceptors (Lipinski definition) is 2. The van der Waals surface area contributed by atoms with Crippen LogP contribution in [0.1, 0.15) is 22.8 Å². The van der Waals surface area contributed by atoms with Crippen LogP contribution >= 0.6 is 11.3 Å². The number of rotatable bonds is 1. The van der Waals surface area contributed by atoms with Crippen LogP contribution in [0.25, 0.3) is 0 Å². The number of benzene rings is 1. The smallest absolute Gasteiger partial charge is 0.225 e. The van der Waals surface area contributed by atoms with E-state index < -0.39 is 0 Å². The molecule has 0 aliphatic carbocycles. The maximum Gasteiger partial charge on any atom is 0.225 e. The number of fused-ring (bicyclic) bond motifs is 1. The number of anilines is 1. The van der Waals surface area contributed by atoms with Gasteiger partial charge >= 0.3 is 0 Å². The minimum Gasteiger partial charge on any atom is -0.325 e. The third kappa shape index (κ3) is 1.85. The van der Waals surface area contributed by atoms with Crippen molar-refractivity contribution in [3.8, 4) is 0 Å². The summed E-state index contributed by atoms with van der Waals surface area (Å²) in [6, 6.07) is 8.29. The molecule has 86 valence electrons. The SMILES string of the molecule is O=C1CC(c2ccc(F)cc2)c2sccc2N1. The Balaban J connectivity index is 2.04. The lowest BCUT2D eigenvalue weighted by Crippen LogP contribution is -2.21. The summed E-state index contributed by atoms with van der Waals surface area (Å²) in [5.74, 6) is -0.176. The molecule has 0 spiro atoms. The molecule has 1 amide bonds. The molecule has 0 saturated carbocycles. The number of hydrogen-bond donors (Lipinski definition) is 1. The number of halogens is 1. The van der Waals surface area contributed by atoms with Gasteiger partial charge in [0, 0.05) is 17.2 Å². The van der Waals surface area contributed by atoms with Crippen LogP contribution in [0, 0.1) is 5.82 Å². The molecule has 0 radical (unpaired) electrons. The van der Waals surface area contributed by atoms with Crippen molar-refractivity contribution in [3.05, 3.63) is 52.0 Å². The van der Waals surface area contributed by atoms with Gasteiger partial charge in [0.05, 0.1) is 5.69 Å². The van der Waals surface area contributed by atoms with Gasteiger partial charge in [-0.3, -0.25) is 4.79 Å². The molecule has 1 aliphatic heterocycles. The molecule has 4 heteroatoms. The first-order chi connectivity index (χ1) is 8.24. The zero-order chi connectivity index (χ0) is 11.8. The van der Waals surface area contributed by atoms with Crippen molar-refractivity contribution < 1.29 is 9.18 Å². The molecule has 1 aromatic heterocycles. The number of thiophene rings is 1. The average molecular weight is 247 g/mol. The number of carbonyl (C=O) groups excluding carboxylic acids is 1. The van der Waals surface area contributed by atoms with Gasteiger partial charge in [0.1, 0.15) is 5.82 Å². The van der Waals surface area contributed by atoms with E-state index in [0.717, 1.165) is 16.1 Å². The maximum absolute atomic E-state index is 12.9. The van der Waals surface area contributed by atoms with Crippen LogP contribution in [0.5, 0.6) is 0 Å². The quantitative estimate of drug-likeness (QED) is 0.822. The molecule has 1 unspecified atom stereocenters. The molecule has 1 atom stereocenters. The van der Waals surface area contributed by atoms with E-state index in [1.165, 1.54) is 12.1 Å². The van der Waals surface area contributed by atoms with Crippen LogP contribution < -0.4 is 5.32 Å². The van der Waals surface area contributed by atoms with Gasteiger partial charge in [-0.2, -0.15) is 0 Å². The molecule has 2 heterocycles. The summed E-state index contributed by atoms with van der Waals surface area (Å²) in [4.78, 5) is 12.7. The van der Waals surface area contributed by atoms with Gasteiger partial charge in [0.15, 0.2) is 0 Å². The van der Waals surface area contributed by atoms with Gasteiger partial charge in [0.2, 0.25) is 5.91 Å². The first kappa shape index (κ1) is 10.5. The molecule has 0 saturated heterocycles. The number of carbonyl (C=O) groups is 1. The summed E-state index contributed by atoms with van der Waals surface area (Å²) in [7, 11) is 0. The summed E-state index contributed by atoms with van der Waals surface area (Å²) >= 11 is 1.63.